The Kier molecular flexibility index (Phi) is 3.83. The predicted octanol–water partition coefficient (Wildman–Crippen LogP) is 3.10. The van der Waals surface area contributed by atoms with Crippen molar-refractivity contribution in [1.29, 1.82) is 0 Å². The lowest BCUT2D eigenvalue weighted by Gasteiger charge is -1.96. The normalized spacial score (nSPS) is 10.6. The van der Waals surface area contributed by atoms with Crippen molar-refractivity contribution < 1.29 is 9.18 Å². The lowest BCUT2D eigenvalue weighted by Crippen LogP contribution is -1.81. The summed E-state index contributed by atoms with van der Waals surface area (Å²) in [6.45, 7) is 0. The molecule has 0 unspecified atom stereocenters. The summed E-state index contributed by atoms with van der Waals surface area (Å²) in [6.07, 6.45) is 5.02. The molecular formula is C10H7BrFO. The van der Waals surface area contributed by atoms with E-state index in [2.05, 4.69) is 15.9 Å². The molecule has 0 atom stereocenters. The largest absolute Gasteiger partial charge is 0.291 e. The van der Waals surface area contributed by atoms with Crippen molar-refractivity contribution >= 4 is 28.3 Å². The Morgan fingerprint density at radius 3 is 2.92 bits per heavy atom. The molecule has 0 amide bonds. The molecule has 0 aliphatic heterocycles. The molecule has 1 nitrogen and oxygen atoms in total. The van der Waals surface area contributed by atoms with Gasteiger partial charge in [-0.1, -0.05) is 34.1 Å². The Hall–Kier alpha value is -0.960. The van der Waals surface area contributed by atoms with Gasteiger partial charge in [0.15, 0.2) is 0 Å². The molecule has 13 heavy (non-hydrogen) atoms. The van der Waals surface area contributed by atoms with Crippen LogP contribution in [0.4, 0.5) is 4.39 Å². The maximum atomic E-state index is 13.1. The van der Waals surface area contributed by atoms with Gasteiger partial charge in [0.25, 0.3) is 0 Å². The average Bonchev–Trinajstić information content (AvgIpc) is 2.09. The van der Waals surface area contributed by atoms with Gasteiger partial charge in [0, 0.05) is 16.5 Å². The van der Waals surface area contributed by atoms with Crippen LogP contribution in [0.1, 0.15) is 12.0 Å². The molecule has 0 bridgehead atoms. The second-order valence-electron chi connectivity index (χ2n) is 2.42. The first kappa shape index (κ1) is 10.1. The van der Waals surface area contributed by atoms with E-state index in [0.717, 1.165) is 0 Å². The maximum absolute atomic E-state index is 13.1. The Balaban J connectivity index is 2.83. The average molecular weight is 242 g/mol. The van der Waals surface area contributed by atoms with E-state index in [1.807, 2.05) is 0 Å². The van der Waals surface area contributed by atoms with Gasteiger partial charge in [0.05, 0.1) is 0 Å². The summed E-state index contributed by atoms with van der Waals surface area (Å²) >= 11 is 3.15. The molecule has 0 aliphatic rings. The fourth-order valence-electron chi connectivity index (χ4n) is 0.871. The van der Waals surface area contributed by atoms with Crippen LogP contribution in [0.5, 0.6) is 0 Å². The van der Waals surface area contributed by atoms with Crippen LogP contribution in [0.25, 0.3) is 6.08 Å². The third-order valence-corrected chi connectivity index (χ3v) is 1.95. The Bertz CT molecular complexity index is 334. The lowest BCUT2D eigenvalue weighted by molar-refractivity contribution is 0.556. The van der Waals surface area contributed by atoms with Crippen LogP contribution in [-0.4, -0.2) is 6.29 Å². The summed E-state index contributed by atoms with van der Waals surface area (Å²) in [6, 6.07) is 4.76. The van der Waals surface area contributed by atoms with E-state index in [1.165, 1.54) is 6.07 Å². The van der Waals surface area contributed by atoms with Crippen LogP contribution in [0.3, 0.4) is 0 Å². The number of hydrogen-bond donors (Lipinski definition) is 0. The minimum atomic E-state index is -0.309. The van der Waals surface area contributed by atoms with E-state index >= 15 is 0 Å². The molecule has 1 aromatic carbocycles. The van der Waals surface area contributed by atoms with Crippen LogP contribution in [-0.2, 0) is 4.79 Å². The van der Waals surface area contributed by atoms with Gasteiger partial charge in [-0.05, 0) is 12.1 Å². The van der Waals surface area contributed by atoms with Crippen molar-refractivity contribution in [2.75, 3.05) is 0 Å². The molecule has 67 valence electrons. The SMILES string of the molecule is O=[C]C/C=C/c1ccc(Br)cc1F. The van der Waals surface area contributed by atoms with Crippen molar-refractivity contribution in [3.05, 3.63) is 40.1 Å². The fourth-order valence-corrected chi connectivity index (χ4v) is 1.20. The van der Waals surface area contributed by atoms with E-state index in [4.69, 9.17) is 0 Å². The van der Waals surface area contributed by atoms with Gasteiger partial charge in [0.1, 0.15) is 5.82 Å². The molecule has 0 spiro atoms. The van der Waals surface area contributed by atoms with Gasteiger partial charge < -0.3 is 0 Å². The first-order valence-corrected chi connectivity index (χ1v) is 4.50. The molecule has 1 radical (unpaired) electrons. The molecular weight excluding hydrogens is 235 g/mol. The van der Waals surface area contributed by atoms with Gasteiger partial charge >= 0.3 is 0 Å². The van der Waals surface area contributed by atoms with Crippen LogP contribution >= 0.6 is 15.9 Å². The van der Waals surface area contributed by atoms with Crippen molar-refractivity contribution in [2.45, 2.75) is 6.42 Å². The first-order valence-electron chi connectivity index (χ1n) is 3.70. The summed E-state index contributed by atoms with van der Waals surface area (Å²) in [5, 5.41) is 0. The highest BCUT2D eigenvalue weighted by Gasteiger charge is 1.97. The minimum Gasteiger partial charge on any atom is -0.291 e. The topological polar surface area (TPSA) is 17.1 Å². The molecule has 0 aliphatic carbocycles. The van der Waals surface area contributed by atoms with Gasteiger partial charge in [-0.15, -0.1) is 0 Å². The van der Waals surface area contributed by atoms with Gasteiger partial charge in [-0.25, -0.2) is 4.39 Å². The van der Waals surface area contributed by atoms with Crippen molar-refractivity contribution in [1.82, 2.24) is 0 Å². The highest BCUT2D eigenvalue weighted by atomic mass is 79.9. The monoisotopic (exact) mass is 241 g/mol. The molecule has 0 fully saturated rings. The Morgan fingerprint density at radius 2 is 2.31 bits per heavy atom. The van der Waals surface area contributed by atoms with Crippen LogP contribution < -0.4 is 0 Å². The second kappa shape index (κ2) is 4.92. The fraction of sp³-hybridized carbons (Fsp3) is 0.100. The summed E-state index contributed by atoms with van der Waals surface area (Å²) in [4.78, 5) is 9.86. The predicted molar refractivity (Wildman–Crippen MR) is 53.4 cm³/mol. The number of benzene rings is 1. The molecule has 0 saturated carbocycles. The molecule has 0 aromatic heterocycles. The van der Waals surface area contributed by atoms with E-state index in [1.54, 1.807) is 30.6 Å². The van der Waals surface area contributed by atoms with Crippen LogP contribution in [0, 0.1) is 5.82 Å². The quantitative estimate of drug-likeness (QED) is 0.795. The summed E-state index contributed by atoms with van der Waals surface area (Å²) in [5.41, 5.74) is 0.471. The summed E-state index contributed by atoms with van der Waals surface area (Å²) in [7, 11) is 0. The van der Waals surface area contributed by atoms with Crippen molar-refractivity contribution in [3.8, 4) is 0 Å². The number of rotatable bonds is 3. The molecule has 1 aromatic rings. The number of allylic oxidation sites excluding steroid dienone is 1. The number of carbonyl (C=O) groups excluding carboxylic acids is 1. The molecule has 1 rings (SSSR count). The summed E-state index contributed by atoms with van der Waals surface area (Å²) < 4.78 is 13.8. The van der Waals surface area contributed by atoms with Crippen LogP contribution in [0.2, 0.25) is 0 Å². The number of hydrogen-bond acceptors (Lipinski definition) is 1. The van der Waals surface area contributed by atoms with Gasteiger partial charge in [-0.3, -0.25) is 4.79 Å². The lowest BCUT2D eigenvalue weighted by atomic mass is 10.2. The molecule has 0 heterocycles. The van der Waals surface area contributed by atoms with E-state index in [9.17, 15) is 9.18 Å². The minimum absolute atomic E-state index is 0.190. The zero-order valence-corrected chi connectivity index (χ0v) is 8.34. The second-order valence-corrected chi connectivity index (χ2v) is 3.33. The first-order chi connectivity index (χ1) is 6.24. The smallest absolute Gasteiger partial charge is 0.202 e. The van der Waals surface area contributed by atoms with E-state index in [-0.39, 0.29) is 12.2 Å². The molecule has 3 heteroatoms. The molecule has 0 N–H and O–H groups in total. The van der Waals surface area contributed by atoms with Gasteiger partial charge in [-0.2, -0.15) is 0 Å². The highest BCUT2D eigenvalue weighted by Crippen LogP contribution is 2.16. The zero-order valence-electron chi connectivity index (χ0n) is 6.76. The zero-order chi connectivity index (χ0) is 9.68. The standard InChI is InChI=1S/C10H7BrFO/c11-9-5-4-8(10(12)7-9)3-1-2-6-13/h1,3-5,7H,2H2/b3-1+. The Labute approximate surface area is 84.4 Å². The Morgan fingerprint density at radius 1 is 1.54 bits per heavy atom. The summed E-state index contributed by atoms with van der Waals surface area (Å²) in [5.74, 6) is -0.309. The third-order valence-electron chi connectivity index (χ3n) is 1.46. The van der Waals surface area contributed by atoms with E-state index < -0.39 is 0 Å². The number of halogens is 2. The maximum Gasteiger partial charge on any atom is 0.202 e. The third kappa shape index (κ3) is 3.11. The highest BCUT2D eigenvalue weighted by molar-refractivity contribution is 9.10. The molecule has 0 saturated heterocycles. The van der Waals surface area contributed by atoms with Gasteiger partial charge in [0.2, 0.25) is 6.29 Å². The van der Waals surface area contributed by atoms with E-state index in [0.29, 0.717) is 10.0 Å². The van der Waals surface area contributed by atoms with Crippen molar-refractivity contribution in [3.63, 3.8) is 0 Å². The van der Waals surface area contributed by atoms with Crippen molar-refractivity contribution in [2.24, 2.45) is 0 Å². The van der Waals surface area contributed by atoms with Crippen LogP contribution in [0.15, 0.2) is 28.7 Å².